The highest BCUT2D eigenvalue weighted by Gasteiger charge is 2.28. The van der Waals surface area contributed by atoms with E-state index < -0.39 is 0 Å². The third-order valence-corrected chi connectivity index (χ3v) is 5.88. The van der Waals surface area contributed by atoms with Gasteiger partial charge in [-0.1, -0.05) is 23.7 Å². The number of nitrogens with zero attached hydrogens (tertiary/aromatic N) is 4. The number of carbonyl (C=O) groups excluding carboxylic acids is 1. The second kappa shape index (κ2) is 6.30. The predicted molar refractivity (Wildman–Crippen MR) is 105 cm³/mol. The summed E-state index contributed by atoms with van der Waals surface area (Å²) in [6, 6.07) is 7.56. The van der Waals surface area contributed by atoms with E-state index in [-0.39, 0.29) is 0 Å². The van der Waals surface area contributed by atoms with E-state index in [0.29, 0.717) is 16.5 Å². The Kier molecular flexibility index (Phi) is 4.09. The Morgan fingerprint density at radius 2 is 1.85 bits per heavy atom. The van der Waals surface area contributed by atoms with Crippen LogP contribution in [0.15, 0.2) is 35.3 Å². The normalized spacial score (nSPS) is 14.6. The lowest BCUT2D eigenvalue weighted by Gasteiger charge is -2.09. The summed E-state index contributed by atoms with van der Waals surface area (Å²) in [4.78, 5) is 17.2. The molecule has 5 nitrogen and oxygen atoms in total. The summed E-state index contributed by atoms with van der Waals surface area (Å²) < 4.78 is 1.97. The highest BCUT2D eigenvalue weighted by atomic mass is 35.5. The number of allylic oxidation sites excluding steroid dienone is 1. The van der Waals surface area contributed by atoms with Gasteiger partial charge in [-0.25, -0.2) is 4.99 Å². The summed E-state index contributed by atoms with van der Waals surface area (Å²) in [5.74, 6) is 1.33. The van der Waals surface area contributed by atoms with Crippen LogP contribution in [0, 0.1) is 20.8 Å². The van der Waals surface area contributed by atoms with Crippen LogP contribution in [-0.2, 0) is 4.79 Å². The zero-order chi connectivity index (χ0) is 18.4. The Balaban J connectivity index is 2.10. The number of benzene rings is 1. The van der Waals surface area contributed by atoms with E-state index in [2.05, 4.69) is 24.0 Å². The van der Waals surface area contributed by atoms with Crippen LogP contribution in [0.5, 0.6) is 0 Å². The van der Waals surface area contributed by atoms with Gasteiger partial charge in [0.2, 0.25) is 0 Å². The molecule has 0 saturated heterocycles. The Hall–Kier alpha value is -2.57. The smallest absolute Gasteiger partial charge is 0.188 e. The average Bonchev–Trinajstić information content (AvgIpc) is 3.09. The topological polar surface area (TPSA) is 60.1 Å². The first-order valence-electron chi connectivity index (χ1n) is 8.04. The van der Waals surface area contributed by atoms with Crippen LogP contribution in [-0.4, -0.2) is 26.8 Å². The zero-order valence-corrected chi connectivity index (χ0v) is 16.0. The Morgan fingerprint density at radius 1 is 1.12 bits per heavy atom. The molecule has 1 aliphatic heterocycles. The number of aryl methyl sites for hydroxylation is 2. The second-order valence-electron chi connectivity index (χ2n) is 6.02. The largest absolute Gasteiger partial charge is 0.298 e. The maximum absolute atomic E-state index is 11.2. The fraction of sp³-hybridized carbons (Fsp3) is 0.158. The maximum Gasteiger partial charge on any atom is 0.188 e. The highest BCUT2D eigenvalue weighted by Crippen LogP contribution is 2.38. The maximum atomic E-state index is 11.2. The van der Waals surface area contributed by atoms with E-state index in [4.69, 9.17) is 16.6 Å². The van der Waals surface area contributed by atoms with Gasteiger partial charge in [-0.3, -0.25) is 9.36 Å². The molecule has 0 aliphatic carbocycles. The molecule has 0 unspecified atom stereocenters. The summed E-state index contributed by atoms with van der Waals surface area (Å²) in [6.07, 6.45) is 2.15. The number of carbonyl (C=O) groups is 1. The van der Waals surface area contributed by atoms with E-state index in [1.54, 1.807) is 11.3 Å². The molecule has 2 aromatic heterocycles. The molecule has 0 N–H and O–H groups in total. The molecule has 1 aromatic carbocycles. The highest BCUT2D eigenvalue weighted by molar-refractivity contribution is 7.15. The molecule has 4 rings (SSSR count). The molecule has 0 amide bonds. The van der Waals surface area contributed by atoms with Gasteiger partial charge in [0.05, 0.1) is 5.71 Å². The fourth-order valence-corrected chi connectivity index (χ4v) is 4.37. The van der Waals surface area contributed by atoms with Crippen molar-refractivity contribution in [2.24, 2.45) is 4.99 Å². The predicted octanol–water partition coefficient (Wildman–Crippen LogP) is 4.30. The van der Waals surface area contributed by atoms with Crippen molar-refractivity contribution in [2.75, 3.05) is 0 Å². The molecule has 26 heavy (non-hydrogen) atoms. The molecule has 130 valence electrons. The number of aliphatic imine (C=N–C) groups is 1. The molecule has 0 bridgehead atoms. The quantitative estimate of drug-likeness (QED) is 0.490. The van der Waals surface area contributed by atoms with E-state index >= 15 is 0 Å². The van der Waals surface area contributed by atoms with Gasteiger partial charge < -0.3 is 0 Å². The molecular formula is C19H15ClN4OS. The molecule has 7 heteroatoms. The molecular weight excluding hydrogens is 368 g/mol. The van der Waals surface area contributed by atoms with Crippen molar-refractivity contribution in [3.8, 4) is 5.00 Å². The van der Waals surface area contributed by atoms with Crippen LogP contribution in [0.1, 0.15) is 33.2 Å². The van der Waals surface area contributed by atoms with Crippen molar-refractivity contribution in [3.05, 3.63) is 68.6 Å². The summed E-state index contributed by atoms with van der Waals surface area (Å²) >= 11 is 7.73. The molecule has 0 fully saturated rings. The van der Waals surface area contributed by atoms with Crippen LogP contribution in [0.4, 0.5) is 0 Å². The molecule has 0 spiro atoms. The molecule has 0 radical (unpaired) electrons. The third-order valence-electron chi connectivity index (χ3n) is 4.44. The molecule has 3 heterocycles. The Bertz CT molecular complexity index is 1090. The number of hydrogen-bond donors (Lipinski definition) is 0. The average molecular weight is 383 g/mol. The Morgan fingerprint density at radius 3 is 2.54 bits per heavy atom. The summed E-state index contributed by atoms with van der Waals surface area (Å²) in [5, 5.41) is 10.1. The monoisotopic (exact) mass is 382 g/mol. The van der Waals surface area contributed by atoms with Crippen LogP contribution >= 0.6 is 22.9 Å². The van der Waals surface area contributed by atoms with Gasteiger partial charge in [0.1, 0.15) is 22.8 Å². The lowest BCUT2D eigenvalue weighted by Crippen LogP contribution is -2.07. The first-order chi connectivity index (χ1) is 12.5. The van der Waals surface area contributed by atoms with Crippen LogP contribution < -0.4 is 0 Å². The minimum absolute atomic E-state index is 0.492. The molecule has 0 atom stereocenters. The molecule has 0 saturated carbocycles. The number of aldehydes is 1. The Labute approximate surface area is 159 Å². The van der Waals surface area contributed by atoms with E-state index in [0.717, 1.165) is 39.5 Å². The number of aromatic nitrogens is 3. The van der Waals surface area contributed by atoms with Gasteiger partial charge in [-0.05, 0) is 38.5 Å². The minimum atomic E-state index is 0.492. The first kappa shape index (κ1) is 16.9. The van der Waals surface area contributed by atoms with E-state index in [1.165, 1.54) is 11.0 Å². The van der Waals surface area contributed by atoms with Crippen molar-refractivity contribution in [3.63, 3.8) is 0 Å². The van der Waals surface area contributed by atoms with Crippen molar-refractivity contribution in [1.29, 1.82) is 0 Å². The van der Waals surface area contributed by atoms with Crippen molar-refractivity contribution in [1.82, 2.24) is 14.8 Å². The van der Waals surface area contributed by atoms with Gasteiger partial charge in [-0.2, -0.15) is 0 Å². The zero-order valence-electron chi connectivity index (χ0n) is 14.4. The number of halogens is 1. The van der Waals surface area contributed by atoms with Gasteiger partial charge in [0.15, 0.2) is 5.82 Å². The van der Waals surface area contributed by atoms with Crippen LogP contribution in [0.2, 0.25) is 5.02 Å². The van der Waals surface area contributed by atoms with Crippen molar-refractivity contribution in [2.45, 2.75) is 20.8 Å². The number of fused-ring (bicyclic) bond motifs is 3. The van der Waals surface area contributed by atoms with E-state index in [9.17, 15) is 4.79 Å². The molecule has 3 aromatic rings. The minimum Gasteiger partial charge on any atom is -0.298 e. The van der Waals surface area contributed by atoms with Gasteiger partial charge in [-0.15, -0.1) is 21.5 Å². The first-order valence-corrected chi connectivity index (χ1v) is 9.24. The number of thiophene rings is 1. The summed E-state index contributed by atoms with van der Waals surface area (Å²) in [7, 11) is 0. The van der Waals surface area contributed by atoms with Crippen LogP contribution in [0.25, 0.3) is 10.7 Å². The van der Waals surface area contributed by atoms with Gasteiger partial charge >= 0.3 is 0 Å². The van der Waals surface area contributed by atoms with Crippen molar-refractivity contribution < 1.29 is 4.79 Å². The molecule has 1 aliphatic rings. The number of hydrogen-bond acceptors (Lipinski definition) is 5. The van der Waals surface area contributed by atoms with Gasteiger partial charge in [0, 0.05) is 27.1 Å². The standard InChI is InChI=1S/C19H15ClN4OS/c1-10-11(2)26-19-16(10)17(13-4-6-14(20)7-5-13)21-15(8-9-25)18-23-22-12(3)24(18)19/h4-9H,1-3H3/b15-8+. The third kappa shape index (κ3) is 2.53. The second-order valence-corrected chi connectivity index (χ2v) is 7.66. The number of rotatable bonds is 2. The SMILES string of the molecule is Cc1sc2c(c1C)C(c1ccc(Cl)cc1)=N/C(=C/C=O)c1nnc(C)n1-2. The lowest BCUT2D eigenvalue weighted by atomic mass is 10.00. The fourth-order valence-electron chi connectivity index (χ4n) is 3.04. The summed E-state index contributed by atoms with van der Waals surface area (Å²) in [5.41, 5.74) is 4.42. The lowest BCUT2D eigenvalue weighted by molar-refractivity contribution is -0.104. The van der Waals surface area contributed by atoms with Crippen molar-refractivity contribution >= 4 is 40.6 Å². The van der Waals surface area contributed by atoms with Crippen LogP contribution in [0.3, 0.4) is 0 Å². The van der Waals surface area contributed by atoms with Gasteiger partial charge in [0.25, 0.3) is 0 Å². The van der Waals surface area contributed by atoms with E-state index in [1.807, 2.05) is 35.8 Å². The summed E-state index contributed by atoms with van der Waals surface area (Å²) in [6.45, 7) is 6.08.